The van der Waals surface area contributed by atoms with E-state index in [0.29, 0.717) is 30.8 Å². The highest BCUT2D eigenvalue weighted by atomic mass is 32.2. The molecule has 1 aromatic rings. The van der Waals surface area contributed by atoms with Gasteiger partial charge in [0.15, 0.2) is 5.78 Å². The van der Waals surface area contributed by atoms with Crippen molar-refractivity contribution >= 4 is 15.8 Å². The van der Waals surface area contributed by atoms with Crippen LogP contribution in [-0.4, -0.2) is 31.6 Å². The van der Waals surface area contributed by atoms with E-state index in [4.69, 9.17) is 0 Å². The highest BCUT2D eigenvalue weighted by Gasteiger charge is 2.42. The second-order valence-electron chi connectivity index (χ2n) is 5.93. The molecule has 0 bridgehead atoms. The first kappa shape index (κ1) is 15.2. The molecule has 1 heterocycles. The van der Waals surface area contributed by atoms with Gasteiger partial charge in [0.2, 0.25) is 10.0 Å². The number of sulfonamides is 1. The lowest BCUT2D eigenvalue weighted by Gasteiger charge is -2.16. The summed E-state index contributed by atoms with van der Waals surface area (Å²) in [5.74, 6) is 0.190. The summed E-state index contributed by atoms with van der Waals surface area (Å²) in [5, 5.41) is 0. The van der Waals surface area contributed by atoms with Crippen molar-refractivity contribution in [1.82, 2.24) is 4.31 Å². The molecule has 3 rings (SSSR count). The van der Waals surface area contributed by atoms with Crippen molar-refractivity contribution in [3.63, 3.8) is 0 Å². The van der Waals surface area contributed by atoms with E-state index in [1.807, 2.05) is 6.92 Å². The summed E-state index contributed by atoms with van der Waals surface area (Å²) in [4.78, 5) is 12.3. The first-order chi connectivity index (χ1) is 10.4. The number of ketones is 1. The zero-order valence-corrected chi connectivity index (χ0v) is 13.4. The molecular weight excluding hydrogens is 298 g/mol. The van der Waals surface area contributed by atoms with E-state index in [1.165, 1.54) is 4.31 Å². The number of aryl methyl sites for hydroxylation is 1. The molecule has 0 N–H and O–H groups in total. The molecule has 2 aliphatic rings. The normalized spacial score (nSPS) is 22.2. The number of rotatable bonds is 4. The fraction of sp³-hybridized carbons (Fsp3) is 0.353. The molecule has 116 valence electrons. The molecule has 1 aliphatic heterocycles. The van der Waals surface area contributed by atoms with Gasteiger partial charge in [-0.3, -0.25) is 4.79 Å². The molecule has 0 spiro atoms. The van der Waals surface area contributed by atoms with Gasteiger partial charge >= 0.3 is 0 Å². The van der Waals surface area contributed by atoms with Crippen LogP contribution >= 0.6 is 0 Å². The van der Waals surface area contributed by atoms with E-state index in [1.54, 1.807) is 30.3 Å². The summed E-state index contributed by atoms with van der Waals surface area (Å²) in [5.41, 5.74) is 2.78. The minimum Gasteiger partial charge on any atom is -0.295 e. The van der Waals surface area contributed by atoms with Gasteiger partial charge < -0.3 is 0 Å². The Morgan fingerprint density at radius 2 is 2.00 bits per heavy atom. The summed E-state index contributed by atoms with van der Waals surface area (Å²) in [6, 6.07) is 6.89. The number of nitrogens with zero attached hydrogens (tertiary/aromatic N) is 1. The van der Waals surface area contributed by atoms with E-state index in [9.17, 15) is 13.2 Å². The van der Waals surface area contributed by atoms with Gasteiger partial charge in [-0.1, -0.05) is 23.8 Å². The molecule has 5 heteroatoms. The van der Waals surface area contributed by atoms with Gasteiger partial charge in [-0.2, -0.15) is 4.31 Å². The third kappa shape index (κ3) is 2.44. The Bertz CT molecular complexity index is 760. The van der Waals surface area contributed by atoms with E-state index in [-0.39, 0.29) is 11.7 Å². The third-order valence-corrected chi connectivity index (χ3v) is 6.25. The summed E-state index contributed by atoms with van der Waals surface area (Å²) >= 11 is 0. The Labute approximate surface area is 131 Å². The molecule has 1 fully saturated rings. The Balaban J connectivity index is 1.91. The lowest BCUT2D eigenvalue weighted by atomic mass is 10.0. The highest BCUT2D eigenvalue weighted by Crippen LogP contribution is 2.39. The fourth-order valence-corrected chi connectivity index (χ4v) is 4.69. The monoisotopic (exact) mass is 317 g/mol. The fourth-order valence-electron chi connectivity index (χ4n) is 3.23. The van der Waals surface area contributed by atoms with Crippen molar-refractivity contribution in [1.29, 1.82) is 0 Å². The zero-order valence-electron chi connectivity index (χ0n) is 12.6. The predicted molar refractivity (Wildman–Crippen MR) is 84.9 cm³/mol. The van der Waals surface area contributed by atoms with Gasteiger partial charge in [-0.15, -0.1) is 6.58 Å². The topological polar surface area (TPSA) is 54.5 Å². The summed E-state index contributed by atoms with van der Waals surface area (Å²) in [6.07, 6.45) is 2.67. The van der Waals surface area contributed by atoms with Crippen LogP contribution in [0.25, 0.3) is 0 Å². The second kappa shape index (κ2) is 5.48. The molecule has 0 saturated carbocycles. The average Bonchev–Trinajstić information content (AvgIpc) is 3.00. The molecule has 22 heavy (non-hydrogen) atoms. The van der Waals surface area contributed by atoms with Crippen LogP contribution in [0, 0.1) is 12.8 Å². The van der Waals surface area contributed by atoms with Crippen molar-refractivity contribution in [3.8, 4) is 0 Å². The molecule has 1 aliphatic carbocycles. The molecule has 0 radical (unpaired) electrons. The quantitative estimate of drug-likeness (QED) is 0.802. The summed E-state index contributed by atoms with van der Waals surface area (Å²) in [6.45, 7) is 6.33. The number of allylic oxidation sites excluding steroid dienone is 2. The van der Waals surface area contributed by atoms with Gasteiger partial charge in [0.25, 0.3) is 0 Å². The van der Waals surface area contributed by atoms with Crippen LogP contribution in [0.2, 0.25) is 0 Å². The van der Waals surface area contributed by atoms with Crippen molar-refractivity contribution in [3.05, 3.63) is 53.6 Å². The minimum absolute atomic E-state index is 0.0441. The maximum atomic E-state index is 12.7. The zero-order chi connectivity index (χ0) is 15.9. The third-order valence-electron chi connectivity index (χ3n) is 4.43. The Morgan fingerprint density at radius 1 is 1.32 bits per heavy atom. The average molecular weight is 317 g/mol. The van der Waals surface area contributed by atoms with Crippen molar-refractivity contribution in [2.24, 2.45) is 5.92 Å². The lowest BCUT2D eigenvalue weighted by molar-refractivity contribution is -0.115. The highest BCUT2D eigenvalue weighted by molar-refractivity contribution is 7.89. The van der Waals surface area contributed by atoms with Crippen LogP contribution in [0.5, 0.6) is 0 Å². The van der Waals surface area contributed by atoms with Gasteiger partial charge in [0, 0.05) is 25.4 Å². The van der Waals surface area contributed by atoms with Gasteiger partial charge in [-0.25, -0.2) is 8.42 Å². The number of hydrogen-bond acceptors (Lipinski definition) is 3. The Hall–Kier alpha value is -1.72. The van der Waals surface area contributed by atoms with E-state index in [2.05, 4.69) is 6.58 Å². The standard InChI is InChI=1S/C17H19NO3S/c1-3-4-15-16-11-18(10-13(16)9-17(15)19)22(20,21)14-7-5-12(2)6-8-14/h3,5-8,13H,1,4,9-11H2,2H3/t13-/m1/s1. The van der Waals surface area contributed by atoms with Gasteiger partial charge in [0.1, 0.15) is 0 Å². The number of benzene rings is 1. The first-order valence-corrected chi connectivity index (χ1v) is 8.80. The maximum Gasteiger partial charge on any atom is 0.243 e. The largest absolute Gasteiger partial charge is 0.295 e. The minimum atomic E-state index is -3.49. The van der Waals surface area contributed by atoms with Gasteiger partial charge in [-0.05, 0) is 36.6 Å². The Morgan fingerprint density at radius 3 is 2.64 bits per heavy atom. The van der Waals surface area contributed by atoms with Crippen molar-refractivity contribution in [2.45, 2.75) is 24.7 Å². The summed E-state index contributed by atoms with van der Waals surface area (Å²) < 4.78 is 26.9. The number of carbonyl (C=O) groups is 1. The first-order valence-electron chi connectivity index (χ1n) is 7.36. The summed E-state index contributed by atoms with van der Waals surface area (Å²) in [7, 11) is -3.49. The van der Waals surface area contributed by atoms with Crippen molar-refractivity contribution < 1.29 is 13.2 Å². The molecule has 4 nitrogen and oxygen atoms in total. The predicted octanol–water partition coefficient (Wildman–Crippen LogP) is 2.46. The lowest BCUT2D eigenvalue weighted by Crippen LogP contribution is -2.29. The van der Waals surface area contributed by atoms with Crippen LogP contribution < -0.4 is 0 Å². The maximum absolute atomic E-state index is 12.7. The molecule has 0 amide bonds. The molecule has 1 saturated heterocycles. The van der Waals surface area contributed by atoms with Gasteiger partial charge in [0.05, 0.1) is 4.90 Å². The smallest absolute Gasteiger partial charge is 0.243 e. The number of carbonyl (C=O) groups excluding carboxylic acids is 1. The number of hydrogen-bond donors (Lipinski definition) is 0. The van der Waals surface area contributed by atoms with Crippen LogP contribution in [0.15, 0.2) is 53.0 Å². The Kier molecular flexibility index (Phi) is 3.78. The second-order valence-corrected chi connectivity index (χ2v) is 7.87. The number of Topliss-reactive ketones (excluding diaryl/α,β-unsaturated/α-hetero) is 1. The molecule has 1 aromatic carbocycles. The molecule has 1 atom stereocenters. The van der Waals surface area contributed by atoms with Crippen LogP contribution in [-0.2, 0) is 14.8 Å². The van der Waals surface area contributed by atoms with Crippen LogP contribution in [0.3, 0.4) is 0 Å². The molecule has 0 aromatic heterocycles. The van der Waals surface area contributed by atoms with E-state index in [0.717, 1.165) is 16.7 Å². The molecular formula is C17H19NO3S. The number of fused-ring (bicyclic) bond motifs is 1. The SMILES string of the molecule is C=CCC1=C2CN(S(=O)(=O)c3ccc(C)cc3)C[C@H]2CC1=O. The van der Waals surface area contributed by atoms with Crippen LogP contribution in [0.4, 0.5) is 0 Å². The molecule has 0 unspecified atom stereocenters. The van der Waals surface area contributed by atoms with Crippen LogP contribution in [0.1, 0.15) is 18.4 Å². The van der Waals surface area contributed by atoms with Crippen molar-refractivity contribution in [2.75, 3.05) is 13.1 Å². The van der Waals surface area contributed by atoms with E-state index < -0.39 is 10.0 Å². The van der Waals surface area contributed by atoms with E-state index >= 15 is 0 Å².